The Morgan fingerprint density at radius 2 is 1.70 bits per heavy atom. The number of carbonyl (C=O) groups excluding carboxylic acids is 1. The molecule has 0 aliphatic rings. The third-order valence-corrected chi connectivity index (χ3v) is 6.63. The van der Waals surface area contributed by atoms with Crippen LogP contribution in [0.5, 0.6) is 0 Å². The van der Waals surface area contributed by atoms with Crippen molar-refractivity contribution in [1.29, 1.82) is 0 Å². The zero-order valence-electron chi connectivity index (χ0n) is 21.4. The number of fused-ring (bicyclic) bond motifs is 1. The summed E-state index contributed by atoms with van der Waals surface area (Å²) in [6.07, 6.45) is -3.97. The number of aliphatic hydroxyl groups is 1. The predicted molar refractivity (Wildman–Crippen MR) is 139 cm³/mol. The second-order valence-electron chi connectivity index (χ2n) is 9.95. The van der Waals surface area contributed by atoms with Crippen molar-refractivity contribution in [1.82, 2.24) is 20.0 Å². The Balaban J connectivity index is 1.90. The standard InChI is InChI=1S/C25H34N4O7S/c1-15(2)35-22(29-37(33,34)17-11-12-18-19(14-17)27-23(31)26-18)21(30)20(13-16-9-7-6-8-10-16)28-24(32)36-25(3,4)5/h6-12,14-15,20-22,29-30H,13H2,1-5H3,(H,28,32)(H2,26,27,31)/t20-,21+,22?/m0/s1. The Kier molecular flexibility index (Phi) is 8.80. The highest BCUT2D eigenvalue weighted by Gasteiger charge is 2.35. The summed E-state index contributed by atoms with van der Waals surface area (Å²) in [6, 6.07) is 12.2. The van der Waals surface area contributed by atoms with E-state index in [-0.39, 0.29) is 11.3 Å². The van der Waals surface area contributed by atoms with E-state index >= 15 is 0 Å². The van der Waals surface area contributed by atoms with Crippen molar-refractivity contribution in [2.24, 2.45) is 0 Å². The summed E-state index contributed by atoms with van der Waals surface area (Å²) in [5, 5.41) is 14.0. The fourth-order valence-corrected chi connectivity index (χ4v) is 4.82. The summed E-state index contributed by atoms with van der Waals surface area (Å²) in [7, 11) is -4.21. The normalized spacial score (nSPS) is 14.9. The number of nitrogens with one attached hydrogen (secondary N) is 4. The molecule has 202 valence electrons. The van der Waals surface area contributed by atoms with Crippen LogP contribution >= 0.6 is 0 Å². The first-order chi connectivity index (χ1) is 17.2. The van der Waals surface area contributed by atoms with E-state index in [1.54, 1.807) is 34.6 Å². The van der Waals surface area contributed by atoms with Gasteiger partial charge in [0.05, 0.1) is 28.1 Å². The number of hydrogen-bond donors (Lipinski definition) is 5. The monoisotopic (exact) mass is 534 g/mol. The molecule has 3 atom stereocenters. The molecule has 3 aromatic rings. The summed E-state index contributed by atoms with van der Waals surface area (Å²) in [6.45, 7) is 8.52. The van der Waals surface area contributed by atoms with Gasteiger partial charge in [-0.3, -0.25) is 0 Å². The van der Waals surface area contributed by atoms with Gasteiger partial charge >= 0.3 is 11.8 Å². The van der Waals surface area contributed by atoms with Crippen LogP contribution in [0, 0.1) is 0 Å². The van der Waals surface area contributed by atoms with Gasteiger partial charge in [-0.15, -0.1) is 0 Å². The maximum Gasteiger partial charge on any atom is 0.407 e. The molecule has 0 aliphatic carbocycles. The average molecular weight is 535 g/mol. The van der Waals surface area contributed by atoms with E-state index in [9.17, 15) is 23.1 Å². The second kappa shape index (κ2) is 11.5. The first-order valence-electron chi connectivity index (χ1n) is 11.8. The lowest BCUT2D eigenvalue weighted by molar-refractivity contribution is -0.0822. The number of aliphatic hydroxyl groups excluding tert-OH is 1. The molecule has 1 unspecified atom stereocenters. The van der Waals surface area contributed by atoms with Gasteiger partial charge in [-0.05, 0) is 64.8 Å². The van der Waals surface area contributed by atoms with Gasteiger partial charge in [0.1, 0.15) is 17.9 Å². The van der Waals surface area contributed by atoms with Gasteiger partial charge in [0.2, 0.25) is 10.0 Å². The molecule has 0 fully saturated rings. The molecule has 5 N–H and O–H groups in total. The molecular formula is C25H34N4O7S. The molecule has 0 bridgehead atoms. The van der Waals surface area contributed by atoms with Gasteiger partial charge in [0.15, 0.2) is 0 Å². The maximum absolute atomic E-state index is 13.3. The average Bonchev–Trinajstić information content (AvgIpc) is 3.16. The Morgan fingerprint density at radius 1 is 1.05 bits per heavy atom. The smallest absolute Gasteiger partial charge is 0.407 e. The SMILES string of the molecule is CC(C)OC(NS(=O)(=O)c1ccc2[nH]c(=O)[nH]c2c1)[C@H](O)[C@H](Cc1ccccc1)NC(=O)OC(C)(C)C. The highest BCUT2D eigenvalue weighted by Crippen LogP contribution is 2.18. The number of carbonyl (C=O) groups is 1. The minimum atomic E-state index is -4.21. The molecule has 1 amide bonds. The molecule has 12 heteroatoms. The number of alkyl carbamates (subject to hydrolysis) is 1. The summed E-state index contributed by atoms with van der Waals surface area (Å²) < 4.78 is 40.0. The van der Waals surface area contributed by atoms with Crippen LogP contribution in [0.1, 0.15) is 40.2 Å². The van der Waals surface area contributed by atoms with Crippen molar-refractivity contribution >= 4 is 27.1 Å². The van der Waals surface area contributed by atoms with Crippen LogP contribution in [0.3, 0.4) is 0 Å². The molecule has 11 nitrogen and oxygen atoms in total. The van der Waals surface area contributed by atoms with Gasteiger partial charge < -0.3 is 29.9 Å². The fraction of sp³-hybridized carbons (Fsp3) is 0.440. The first-order valence-corrected chi connectivity index (χ1v) is 13.3. The van der Waals surface area contributed by atoms with Gasteiger partial charge in [0, 0.05) is 0 Å². The summed E-state index contributed by atoms with van der Waals surface area (Å²) >= 11 is 0. The highest BCUT2D eigenvalue weighted by molar-refractivity contribution is 7.89. The van der Waals surface area contributed by atoms with Gasteiger partial charge in [-0.1, -0.05) is 30.3 Å². The van der Waals surface area contributed by atoms with E-state index in [4.69, 9.17) is 9.47 Å². The van der Waals surface area contributed by atoms with E-state index in [2.05, 4.69) is 20.0 Å². The lowest BCUT2D eigenvalue weighted by atomic mass is 10.0. The summed E-state index contributed by atoms with van der Waals surface area (Å²) in [5.41, 5.74) is 0.313. The highest BCUT2D eigenvalue weighted by atomic mass is 32.2. The number of ether oxygens (including phenoxy) is 2. The molecular weight excluding hydrogens is 500 g/mol. The number of H-pyrrole nitrogens is 2. The Bertz CT molecular complexity index is 1360. The van der Waals surface area contributed by atoms with E-state index in [0.717, 1.165) is 5.56 Å². The van der Waals surface area contributed by atoms with E-state index < -0.39 is 51.9 Å². The molecule has 0 spiro atoms. The molecule has 37 heavy (non-hydrogen) atoms. The van der Waals surface area contributed by atoms with Crippen molar-refractivity contribution in [2.75, 3.05) is 0 Å². The van der Waals surface area contributed by atoms with E-state index in [1.165, 1.54) is 18.2 Å². The minimum Gasteiger partial charge on any atom is -0.444 e. The van der Waals surface area contributed by atoms with Gasteiger partial charge in [-0.25, -0.2) is 18.0 Å². The number of benzene rings is 2. The molecule has 1 heterocycles. The van der Waals surface area contributed by atoms with E-state index in [0.29, 0.717) is 11.0 Å². The summed E-state index contributed by atoms with van der Waals surface area (Å²) in [4.78, 5) is 29.1. The summed E-state index contributed by atoms with van der Waals surface area (Å²) in [5.74, 6) is 0. The van der Waals surface area contributed by atoms with Gasteiger partial charge in [-0.2, -0.15) is 4.72 Å². The quantitative estimate of drug-likeness (QED) is 0.249. The number of aromatic amines is 2. The second-order valence-corrected chi connectivity index (χ2v) is 11.7. The topological polar surface area (TPSA) is 163 Å². The number of imidazole rings is 1. The van der Waals surface area contributed by atoms with Crippen LogP contribution in [0.4, 0.5) is 4.79 Å². The molecule has 0 aliphatic heterocycles. The zero-order valence-corrected chi connectivity index (χ0v) is 22.3. The molecule has 3 rings (SSSR count). The Hall–Kier alpha value is -3.19. The van der Waals surface area contributed by atoms with Crippen LogP contribution < -0.4 is 15.7 Å². The minimum absolute atomic E-state index is 0.139. The molecule has 0 radical (unpaired) electrons. The lowest BCUT2D eigenvalue weighted by Gasteiger charge is -2.32. The van der Waals surface area contributed by atoms with Crippen LogP contribution in [0.15, 0.2) is 58.2 Å². The third-order valence-electron chi connectivity index (χ3n) is 5.21. The molecule has 1 aromatic heterocycles. The van der Waals surface area contributed by atoms with Crippen LogP contribution in [-0.4, -0.2) is 59.7 Å². The third kappa shape index (κ3) is 8.15. The van der Waals surface area contributed by atoms with Crippen molar-refractivity contribution in [3.63, 3.8) is 0 Å². The number of aromatic nitrogens is 2. The maximum atomic E-state index is 13.3. The number of hydrogen-bond acceptors (Lipinski definition) is 7. The van der Waals surface area contributed by atoms with Crippen molar-refractivity contribution in [2.45, 2.75) is 76.0 Å². The van der Waals surface area contributed by atoms with Gasteiger partial charge in [0.25, 0.3) is 0 Å². The van der Waals surface area contributed by atoms with Crippen molar-refractivity contribution in [3.8, 4) is 0 Å². The Morgan fingerprint density at radius 3 is 2.32 bits per heavy atom. The lowest BCUT2D eigenvalue weighted by Crippen LogP contribution is -2.57. The number of rotatable bonds is 10. The number of amides is 1. The first kappa shape index (κ1) is 28.4. The zero-order chi connectivity index (χ0) is 27.4. The van der Waals surface area contributed by atoms with Crippen LogP contribution in [0.25, 0.3) is 11.0 Å². The molecule has 2 aromatic carbocycles. The number of sulfonamides is 1. The largest absolute Gasteiger partial charge is 0.444 e. The van der Waals surface area contributed by atoms with Crippen molar-refractivity contribution < 1.29 is 27.8 Å². The predicted octanol–water partition coefficient (Wildman–Crippen LogP) is 2.38. The van der Waals surface area contributed by atoms with E-state index in [1.807, 2.05) is 30.3 Å². The molecule has 0 saturated carbocycles. The van der Waals surface area contributed by atoms with Crippen molar-refractivity contribution in [3.05, 3.63) is 64.6 Å². The van der Waals surface area contributed by atoms with Crippen LogP contribution in [-0.2, 0) is 25.9 Å². The Labute approximate surface area is 215 Å². The fourth-order valence-electron chi connectivity index (χ4n) is 3.67. The van der Waals surface area contributed by atoms with Crippen LogP contribution in [0.2, 0.25) is 0 Å². The molecule has 0 saturated heterocycles.